The summed E-state index contributed by atoms with van der Waals surface area (Å²) in [6, 6.07) is 12.5. The minimum atomic E-state index is -0.631. The molecule has 0 bridgehead atoms. The van der Waals surface area contributed by atoms with Crippen LogP contribution in [-0.2, 0) is 16.1 Å². The Bertz CT molecular complexity index is 672. The molecule has 0 saturated heterocycles. The first-order valence-electron chi connectivity index (χ1n) is 6.80. The number of hydrogen-bond acceptors (Lipinski definition) is 4. The second-order valence-electron chi connectivity index (χ2n) is 4.76. The largest absolute Gasteiger partial charge is 0.445 e. The monoisotopic (exact) mass is 317 g/mol. The van der Waals surface area contributed by atoms with E-state index in [9.17, 15) is 9.59 Å². The summed E-state index contributed by atoms with van der Waals surface area (Å²) >= 11 is 1.49. The normalized spacial score (nSPS) is 17.1. The van der Waals surface area contributed by atoms with E-state index in [-0.39, 0.29) is 12.5 Å². The minimum absolute atomic E-state index is 0.175. The zero-order valence-electron chi connectivity index (χ0n) is 11.7. The lowest BCUT2D eigenvalue weighted by atomic mass is 10.2. The molecule has 2 aromatic rings. The predicted molar refractivity (Wildman–Crippen MR) is 83.1 cm³/mol. The van der Waals surface area contributed by atoms with Crippen molar-refractivity contribution >= 4 is 23.8 Å². The first-order chi connectivity index (χ1) is 10.7. The van der Waals surface area contributed by atoms with E-state index in [1.807, 2.05) is 42.5 Å². The fourth-order valence-corrected chi connectivity index (χ4v) is 3.02. The Morgan fingerprint density at radius 1 is 1.32 bits per heavy atom. The van der Waals surface area contributed by atoms with Crippen LogP contribution in [-0.4, -0.2) is 28.5 Å². The third-order valence-electron chi connectivity index (χ3n) is 3.16. The van der Waals surface area contributed by atoms with Gasteiger partial charge >= 0.3 is 6.09 Å². The van der Waals surface area contributed by atoms with Gasteiger partial charge in [-0.3, -0.25) is 14.9 Å². The van der Waals surface area contributed by atoms with Gasteiger partial charge in [-0.05, 0) is 17.7 Å². The van der Waals surface area contributed by atoms with Crippen molar-refractivity contribution in [3.8, 4) is 0 Å². The molecule has 22 heavy (non-hydrogen) atoms. The highest BCUT2D eigenvalue weighted by molar-refractivity contribution is 7.99. The van der Waals surface area contributed by atoms with E-state index in [1.54, 1.807) is 10.9 Å². The highest BCUT2D eigenvalue weighted by Crippen LogP contribution is 2.21. The van der Waals surface area contributed by atoms with E-state index in [0.29, 0.717) is 5.75 Å². The maximum atomic E-state index is 12.1. The molecule has 0 aliphatic carbocycles. The number of carbonyl (C=O) groups excluding carboxylic acids is 2. The zero-order valence-corrected chi connectivity index (χ0v) is 12.5. The van der Waals surface area contributed by atoms with Crippen molar-refractivity contribution in [3.63, 3.8) is 0 Å². The first-order valence-corrected chi connectivity index (χ1v) is 7.79. The van der Waals surface area contributed by atoms with Gasteiger partial charge in [-0.15, -0.1) is 11.8 Å². The number of carbonyl (C=O) groups is 2. The summed E-state index contributed by atoms with van der Waals surface area (Å²) in [6.07, 6.45) is 1.16. The van der Waals surface area contributed by atoms with Crippen LogP contribution < -0.4 is 10.7 Å². The average molecular weight is 317 g/mol. The second-order valence-corrected chi connectivity index (χ2v) is 5.80. The third kappa shape index (κ3) is 3.43. The third-order valence-corrected chi connectivity index (χ3v) is 4.29. The van der Waals surface area contributed by atoms with Crippen molar-refractivity contribution in [2.45, 2.75) is 17.7 Å². The summed E-state index contributed by atoms with van der Waals surface area (Å²) in [6.45, 7) is 0.175. The average Bonchev–Trinajstić information content (AvgIpc) is 2.91. The topological polar surface area (TPSA) is 72.4 Å². The number of rotatable bonds is 3. The second kappa shape index (κ2) is 6.57. The smallest absolute Gasteiger partial charge is 0.408 e. The molecule has 3 rings (SSSR count). The van der Waals surface area contributed by atoms with Crippen molar-refractivity contribution in [1.82, 2.24) is 9.99 Å². The number of benzene rings is 1. The van der Waals surface area contributed by atoms with Gasteiger partial charge in [0.1, 0.15) is 12.6 Å². The summed E-state index contributed by atoms with van der Waals surface area (Å²) in [5.74, 6) is 0.190. The van der Waals surface area contributed by atoms with Gasteiger partial charge in [0.15, 0.2) is 0 Å². The van der Waals surface area contributed by atoms with Gasteiger partial charge < -0.3 is 10.1 Å². The maximum absolute atomic E-state index is 12.1. The van der Waals surface area contributed by atoms with Crippen LogP contribution in [0.15, 0.2) is 53.7 Å². The van der Waals surface area contributed by atoms with E-state index < -0.39 is 12.1 Å². The van der Waals surface area contributed by atoms with Gasteiger partial charge in [-0.1, -0.05) is 30.3 Å². The van der Waals surface area contributed by atoms with E-state index in [2.05, 4.69) is 10.7 Å². The molecule has 6 nitrogen and oxygen atoms in total. The standard InChI is InChI=1S/C15H15N3O3S/c19-14-12(10-22-13-7-4-8-18(13)17-14)16-15(20)21-9-11-5-2-1-3-6-11/h1-8,12H,9-10H2,(H,16,20)(H,17,19). The number of nitrogens with zero attached hydrogens (tertiary/aromatic N) is 1. The van der Waals surface area contributed by atoms with Crippen molar-refractivity contribution in [1.29, 1.82) is 0 Å². The molecule has 1 aromatic carbocycles. The Kier molecular flexibility index (Phi) is 4.34. The summed E-state index contributed by atoms with van der Waals surface area (Å²) in [5, 5.41) is 3.52. The van der Waals surface area contributed by atoms with Crippen LogP contribution in [0.5, 0.6) is 0 Å². The number of fused-ring (bicyclic) bond motifs is 1. The van der Waals surface area contributed by atoms with E-state index in [1.165, 1.54) is 11.8 Å². The molecule has 1 unspecified atom stereocenters. The van der Waals surface area contributed by atoms with Gasteiger partial charge in [0.05, 0.1) is 5.03 Å². The lowest BCUT2D eigenvalue weighted by molar-refractivity contribution is -0.118. The number of ether oxygens (including phenoxy) is 1. The van der Waals surface area contributed by atoms with Crippen LogP contribution in [0.1, 0.15) is 5.56 Å². The highest BCUT2D eigenvalue weighted by Gasteiger charge is 2.25. The van der Waals surface area contributed by atoms with Gasteiger partial charge in [0.2, 0.25) is 0 Å². The van der Waals surface area contributed by atoms with Crippen molar-refractivity contribution in [3.05, 3.63) is 54.2 Å². The molecule has 114 valence electrons. The number of aromatic nitrogens is 1. The summed E-state index contributed by atoms with van der Waals surface area (Å²) in [7, 11) is 0. The van der Waals surface area contributed by atoms with Crippen molar-refractivity contribution in [2.75, 3.05) is 11.2 Å². The Morgan fingerprint density at radius 2 is 2.14 bits per heavy atom. The molecule has 2 N–H and O–H groups in total. The Labute approximate surface area is 131 Å². The van der Waals surface area contributed by atoms with Crippen LogP contribution >= 0.6 is 11.8 Å². The van der Waals surface area contributed by atoms with Crippen LogP contribution in [0.4, 0.5) is 4.79 Å². The molecule has 0 fully saturated rings. The van der Waals surface area contributed by atoms with Gasteiger partial charge in [0.25, 0.3) is 5.91 Å². The molecule has 0 radical (unpaired) electrons. The molecule has 1 aliphatic rings. The van der Waals surface area contributed by atoms with Crippen molar-refractivity contribution in [2.24, 2.45) is 0 Å². The Morgan fingerprint density at radius 3 is 2.95 bits per heavy atom. The lowest BCUT2D eigenvalue weighted by Crippen LogP contribution is -2.46. The first kappa shape index (κ1) is 14.5. The molecule has 2 heterocycles. The van der Waals surface area contributed by atoms with Crippen molar-refractivity contribution < 1.29 is 14.3 Å². The molecular formula is C15H15N3O3S. The molecule has 7 heteroatoms. The Balaban J connectivity index is 1.53. The van der Waals surface area contributed by atoms with Crippen LogP contribution in [0.3, 0.4) is 0 Å². The number of hydrogen-bond donors (Lipinski definition) is 2. The predicted octanol–water partition coefficient (Wildman–Crippen LogP) is 1.96. The SMILES string of the molecule is O=C(NC1CSc2cccn2NC1=O)OCc1ccccc1. The van der Waals surface area contributed by atoms with E-state index >= 15 is 0 Å². The minimum Gasteiger partial charge on any atom is -0.445 e. The lowest BCUT2D eigenvalue weighted by Gasteiger charge is -2.15. The molecular weight excluding hydrogens is 302 g/mol. The van der Waals surface area contributed by atoms with Gasteiger partial charge in [-0.2, -0.15) is 0 Å². The van der Waals surface area contributed by atoms with Crippen LogP contribution in [0.2, 0.25) is 0 Å². The van der Waals surface area contributed by atoms with E-state index in [0.717, 1.165) is 10.6 Å². The molecule has 1 aromatic heterocycles. The highest BCUT2D eigenvalue weighted by atomic mass is 32.2. The zero-order chi connectivity index (χ0) is 15.4. The number of nitrogens with one attached hydrogen (secondary N) is 2. The molecule has 1 atom stereocenters. The van der Waals surface area contributed by atoms with E-state index in [4.69, 9.17) is 4.74 Å². The molecule has 1 aliphatic heterocycles. The Hall–Kier alpha value is -2.41. The summed E-state index contributed by atoms with van der Waals surface area (Å²) in [4.78, 5) is 23.9. The maximum Gasteiger partial charge on any atom is 0.408 e. The summed E-state index contributed by atoms with van der Waals surface area (Å²) < 4.78 is 6.78. The quantitative estimate of drug-likeness (QED) is 0.908. The molecule has 2 amide bonds. The number of amides is 2. The number of alkyl carbamates (subject to hydrolysis) is 1. The number of thioether (sulfide) groups is 1. The fourth-order valence-electron chi connectivity index (χ4n) is 2.03. The van der Waals surface area contributed by atoms with Crippen LogP contribution in [0, 0.1) is 0 Å². The van der Waals surface area contributed by atoms with Gasteiger partial charge in [-0.25, -0.2) is 4.79 Å². The molecule has 0 saturated carbocycles. The fraction of sp³-hybridized carbons (Fsp3) is 0.200. The summed E-state index contributed by atoms with van der Waals surface area (Å²) in [5.41, 5.74) is 3.61. The molecule has 0 spiro atoms. The van der Waals surface area contributed by atoms with Crippen LogP contribution in [0.25, 0.3) is 0 Å². The van der Waals surface area contributed by atoms with Gasteiger partial charge in [0, 0.05) is 11.9 Å².